The largest absolute Gasteiger partial charge is 0.490 e. The molecule has 1 unspecified atom stereocenters. The Labute approximate surface area is 150 Å². The molecule has 0 bridgehead atoms. The number of rotatable bonds is 9. The van der Waals surface area contributed by atoms with Crippen molar-refractivity contribution >= 4 is 5.91 Å². The summed E-state index contributed by atoms with van der Waals surface area (Å²) < 4.78 is 16.5. The van der Waals surface area contributed by atoms with Gasteiger partial charge in [0.2, 0.25) is 0 Å². The van der Waals surface area contributed by atoms with Crippen LogP contribution in [0.4, 0.5) is 0 Å². The van der Waals surface area contributed by atoms with Crippen LogP contribution in [0.1, 0.15) is 20.8 Å². The topological polar surface area (TPSA) is 60.0 Å². The number of para-hydroxylation sites is 2. The summed E-state index contributed by atoms with van der Waals surface area (Å²) in [4.78, 5) is 14.6. The van der Waals surface area contributed by atoms with Gasteiger partial charge in [-0.15, -0.1) is 0 Å². The molecule has 0 saturated carbocycles. The van der Waals surface area contributed by atoms with Crippen LogP contribution in [0.25, 0.3) is 0 Å². The zero-order valence-electron chi connectivity index (χ0n) is 15.5. The van der Waals surface area contributed by atoms with Crippen molar-refractivity contribution in [2.45, 2.75) is 26.8 Å². The summed E-state index contributed by atoms with van der Waals surface area (Å²) in [6.45, 7) is 10.8. The summed E-state index contributed by atoms with van der Waals surface area (Å²) in [5.74, 6) is 1.59. The molecule has 6 heteroatoms. The summed E-state index contributed by atoms with van der Waals surface area (Å²) in [5.41, 5.74) is 0. The van der Waals surface area contributed by atoms with Crippen LogP contribution in [0.5, 0.6) is 11.5 Å². The van der Waals surface area contributed by atoms with Gasteiger partial charge in [0, 0.05) is 25.7 Å². The van der Waals surface area contributed by atoms with Gasteiger partial charge >= 0.3 is 0 Å². The molecule has 1 aromatic carbocycles. The second-order valence-corrected chi connectivity index (χ2v) is 6.43. The van der Waals surface area contributed by atoms with E-state index < -0.39 is 0 Å². The highest BCUT2D eigenvalue weighted by Crippen LogP contribution is 2.26. The minimum atomic E-state index is -0.120. The van der Waals surface area contributed by atoms with Gasteiger partial charge in [-0.25, -0.2) is 0 Å². The number of amides is 1. The Morgan fingerprint density at radius 1 is 1.20 bits per heavy atom. The predicted molar refractivity (Wildman–Crippen MR) is 97.1 cm³/mol. The fourth-order valence-corrected chi connectivity index (χ4v) is 2.95. The monoisotopic (exact) mass is 350 g/mol. The molecule has 1 saturated heterocycles. The Kier molecular flexibility index (Phi) is 8.01. The standard InChI is InChI=1S/C19H30N2O4/c1-4-24-17-7-5-6-8-18(17)25-14-19(22)20-13-16(15(2)3)21-9-11-23-12-10-21/h5-8,15-16H,4,9-14H2,1-3H3,(H,20,22). The van der Waals surface area contributed by atoms with E-state index in [0.29, 0.717) is 36.6 Å². The zero-order valence-corrected chi connectivity index (χ0v) is 15.5. The van der Waals surface area contributed by atoms with Gasteiger partial charge in [0.1, 0.15) is 0 Å². The lowest BCUT2D eigenvalue weighted by atomic mass is 10.0. The Balaban J connectivity index is 1.81. The second kappa shape index (κ2) is 10.3. The average Bonchev–Trinajstić information content (AvgIpc) is 2.62. The molecule has 1 aliphatic rings. The fraction of sp³-hybridized carbons (Fsp3) is 0.632. The predicted octanol–water partition coefficient (Wildman–Crippen LogP) is 1.94. The van der Waals surface area contributed by atoms with Crippen LogP contribution in [0.2, 0.25) is 0 Å². The highest BCUT2D eigenvalue weighted by molar-refractivity contribution is 5.77. The summed E-state index contributed by atoms with van der Waals surface area (Å²) in [6.07, 6.45) is 0. The quantitative estimate of drug-likeness (QED) is 0.737. The number of morpholine rings is 1. The zero-order chi connectivity index (χ0) is 18.1. The van der Waals surface area contributed by atoms with Crippen LogP contribution in [0, 0.1) is 5.92 Å². The average molecular weight is 350 g/mol. The number of carbonyl (C=O) groups is 1. The van der Waals surface area contributed by atoms with Crippen molar-refractivity contribution in [2.75, 3.05) is 46.1 Å². The molecule has 2 rings (SSSR count). The van der Waals surface area contributed by atoms with E-state index in [9.17, 15) is 4.79 Å². The SMILES string of the molecule is CCOc1ccccc1OCC(=O)NCC(C(C)C)N1CCOCC1. The third kappa shape index (κ3) is 6.21. The van der Waals surface area contributed by atoms with Gasteiger partial charge in [-0.3, -0.25) is 9.69 Å². The number of hydrogen-bond acceptors (Lipinski definition) is 5. The van der Waals surface area contributed by atoms with Gasteiger partial charge in [0.25, 0.3) is 5.91 Å². The van der Waals surface area contributed by atoms with Gasteiger partial charge in [-0.2, -0.15) is 0 Å². The lowest BCUT2D eigenvalue weighted by Crippen LogP contribution is -2.51. The normalized spacial score (nSPS) is 16.5. The molecule has 0 aromatic heterocycles. The van der Waals surface area contributed by atoms with Crippen molar-refractivity contribution in [3.8, 4) is 11.5 Å². The fourth-order valence-electron chi connectivity index (χ4n) is 2.95. The van der Waals surface area contributed by atoms with E-state index in [1.165, 1.54) is 0 Å². The molecule has 0 radical (unpaired) electrons. The molecule has 1 amide bonds. The molecule has 25 heavy (non-hydrogen) atoms. The Morgan fingerprint density at radius 2 is 1.84 bits per heavy atom. The Morgan fingerprint density at radius 3 is 2.44 bits per heavy atom. The maximum Gasteiger partial charge on any atom is 0.257 e. The van der Waals surface area contributed by atoms with Crippen molar-refractivity contribution in [2.24, 2.45) is 5.92 Å². The van der Waals surface area contributed by atoms with E-state index in [0.717, 1.165) is 26.3 Å². The van der Waals surface area contributed by atoms with Crippen LogP contribution in [-0.4, -0.2) is 62.9 Å². The number of ether oxygens (including phenoxy) is 3. The van der Waals surface area contributed by atoms with Gasteiger partial charge in [-0.05, 0) is 25.0 Å². The van der Waals surface area contributed by atoms with E-state index in [-0.39, 0.29) is 12.5 Å². The molecule has 1 atom stereocenters. The third-order valence-electron chi connectivity index (χ3n) is 4.30. The van der Waals surface area contributed by atoms with E-state index in [1.54, 1.807) is 0 Å². The van der Waals surface area contributed by atoms with E-state index >= 15 is 0 Å². The molecular formula is C19H30N2O4. The molecule has 0 aliphatic carbocycles. The number of nitrogens with one attached hydrogen (secondary N) is 1. The Bertz CT molecular complexity index is 530. The van der Waals surface area contributed by atoms with Crippen molar-refractivity contribution in [3.63, 3.8) is 0 Å². The highest BCUT2D eigenvalue weighted by atomic mass is 16.5. The lowest BCUT2D eigenvalue weighted by molar-refractivity contribution is -0.123. The molecule has 1 aliphatic heterocycles. The smallest absolute Gasteiger partial charge is 0.257 e. The molecule has 1 fully saturated rings. The first kappa shape index (κ1) is 19.5. The lowest BCUT2D eigenvalue weighted by Gasteiger charge is -2.36. The molecular weight excluding hydrogens is 320 g/mol. The second-order valence-electron chi connectivity index (χ2n) is 6.43. The first-order valence-corrected chi connectivity index (χ1v) is 9.05. The number of nitrogens with zero attached hydrogens (tertiary/aromatic N) is 1. The van der Waals surface area contributed by atoms with Crippen LogP contribution < -0.4 is 14.8 Å². The third-order valence-corrected chi connectivity index (χ3v) is 4.30. The van der Waals surface area contributed by atoms with Gasteiger partial charge < -0.3 is 19.5 Å². The minimum absolute atomic E-state index is 0.0159. The van der Waals surface area contributed by atoms with Crippen LogP contribution in [-0.2, 0) is 9.53 Å². The van der Waals surface area contributed by atoms with E-state index in [2.05, 4.69) is 24.1 Å². The van der Waals surface area contributed by atoms with Crippen molar-refractivity contribution in [1.29, 1.82) is 0 Å². The van der Waals surface area contributed by atoms with E-state index in [1.807, 2.05) is 31.2 Å². The van der Waals surface area contributed by atoms with Gasteiger partial charge in [-0.1, -0.05) is 26.0 Å². The van der Waals surface area contributed by atoms with Gasteiger partial charge in [0.15, 0.2) is 18.1 Å². The van der Waals surface area contributed by atoms with Crippen molar-refractivity contribution in [3.05, 3.63) is 24.3 Å². The van der Waals surface area contributed by atoms with E-state index in [4.69, 9.17) is 14.2 Å². The molecule has 1 heterocycles. The number of carbonyl (C=O) groups excluding carboxylic acids is 1. The summed E-state index contributed by atoms with van der Waals surface area (Å²) in [5, 5.41) is 3.00. The Hall–Kier alpha value is -1.79. The molecule has 6 nitrogen and oxygen atoms in total. The summed E-state index contributed by atoms with van der Waals surface area (Å²) in [6, 6.07) is 7.70. The first-order valence-electron chi connectivity index (χ1n) is 9.05. The van der Waals surface area contributed by atoms with Crippen LogP contribution >= 0.6 is 0 Å². The first-order chi connectivity index (χ1) is 12.1. The minimum Gasteiger partial charge on any atom is -0.490 e. The molecule has 1 N–H and O–H groups in total. The van der Waals surface area contributed by atoms with Crippen LogP contribution in [0.15, 0.2) is 24.3 Å². The number of hydrogen-bond donors (Lipinski definition) is 1. The maximum absolute atomic E-state index is 12.2. The van der Waals surface area contributed by atoms with Crippen molar-refractivity contribution in [1.82, 2.24) is 10.2 Å². The summed E-state index contributed by atoms with van der Waals surface area (Å²) in [7, 11) is 0. The summed E-state index contributed by atoms with van der Waals surface area (Å²) >= 11 is 0. The molecule has 1 aromatic rings. The number of benzene rings is 1. The maximum atomic E-state index is 12.2. The molecule has 0 spiro atoms. The highest BCUT2D eigenvalue weighted by Gasteiger charge is 2.24. The van der Waals surface area contributed by atoms with Crippen molar-refractivity contribution < 1.29 is 19.0 Å². The van der Waals surface area contributed by atoms with Gasteiger partial charge in [0.05, 0.1) is 19.8 Å². The molecule has 140 valence electrons. The van der Waals surface area contributed by atoms with Crippen LogP contribution in [0.3, 0.4) is 0 Å².